The lowest BCUT2D eigenvalue weighted by molar-refractivity contribution is -0.116. The summed E-state index contributed by atoms with van der Waals surface area (Å²) in [5.74, 6) is 0.239. The number of aryl methyl sites for hydroxylation is 1. The van der Waals surface area contributed by atoms with Gasteiger partial charge in [0.25, 0.3) is 0 Å². The first-order valence-electron chi connectivity index (χ1n) is 8.10. The summed E-state index contributed by atoms with van der Waals surface area (Å²) in [6.07, 6.45) is 2.03. The molecular weight excluding hydrogens is 278 g/mol. The highest BCUT2D eigenvalue weighted by molar-refractivity contribution is 6.00. The fourth-order valence-electron chi connectivity index (χ4n) is 3.36. The minimum atomic E-state index is -0.0102. The van der Waals surface area contributed by atoms with Crippen molar-refractivity contribution >= 4 is 17.4 Å². The Hall–Kier alpha value is -1.72. The van der Waals surface area contributed by atoms with E-state index in [0.29, 0.717) is 12.8 Å². The van der Waals surface area contributed by atoms with Crippen molar-refractivity contribution in [3.63, 3.8) is 0 Å². The Bertz CT molecular complexity index is 579. The van der Waals surface area contributed by atoms with Crippen LogP contribution in [-0.4, -0.2) is 37.4 Å². The Morgan fingerprint density at radius 2 is 2.18 bits per heavy atom. The zero-order valence-corrected chi connectivity index (χ0v) is 12.9. The third kappa shape index (κ3) is 3.05. The molecule has 3 rings (SSSR count). The molecule has 1 saturated heterocycles. The molecule has 3 N–H and O–H groups in total. The molecule has 2 atom stereocenters. The van der Waals surface area contributed by atoms with Crippen LogP contribution in [0.4, 0.5) is 5.69 Å². The van der Waals surface area contributed by atoms with Gasteiger partial charge in [0.15, 0.2) is 5.78 Å². The molecule has 5 nitrogen and oxygen atoms in total. The first-order chi connectivity index (χ1) is 10.7. The quantitative estimate of drug-likeness (QED) is 0.734. The van der Waals surface area contributed by atoms with Crippen LogP contribution in [0, 0.1) is 5.92 Å². The van der Waals surface area contributed by atoms with Crippen molar-refractivity contribution in [2.75, 3.05) is 25.0 Å². The van der Waals surface area contributed by atoms with Crippen molar-refractivity contribution in [1.29, 1.82) is 0 Å². The Labute approximate surface area is 130 Å². The van der Waals surface area contributed by atoms with E-state index in [1.807, 2.05) is 18.2 Å². The number of rotatable bonds is 4. The summed E-state index contributed by atoms with van der Waals surface area (Å²) in [5, 5.41) is 9.66. The van der Waals surface area contributed by atoms with Gasteiger partial charge in [-0.05, 0) is 36.6 Å². The fraction of sp³-hybridized carbons (Fsp3) is 0.529. The molecule has 1 aromatic carbocycles. The molecule has 0 spiro atoms. The van der Waals surface area contributed by atoms with Crippen LogP contribution in [0.3, 0.4) is 0 Å². The molecule has 1 fully saturated rings. The van der Waals surface area contributed by atoms with E-state index in [0.717, 1.165) is 42.9 Å². The molecule has 0 radical (unpaired) electrons. The van der Waals surface area contributed by atoms with E-state index in [9.17, 15) is 9.59 Å². The van der Waals surface area contributed by atoms with Crippen molar-refractivity contribution in [1.82, 2.24) is 10.6 Å². The van der Waals surface area contributed by atoms with Crippen molar-refractivity contribution < 1.29 is 9.59 Å². The van der Waals surface area contributed by atoms with E-state index in [1.165, 1.54) is 0 Å². The number of carbonyl (C=O) groups excluding carboxylic acids is 2. The summed E-state index contributed by atoms with van der Waals surface area (Å²) in [7, 11) is 0. The number of hydrogen-bond donors (Lipinski definition) is 3. The summed E-state index contributed by atoms with van der Waals surface area (Å²) in [5.41, 5.74) is 2.67. The molecule has 22 heavy (non-hydrogen) atoms. The predicted molar refractivity (Wildman–Crippen MR) is 86.2 cm³/mol. The van der Waals surface area contributed by atoms with Gasteiger partial charge in [0.2, 0.25) is 5.91 Å². The highest BCUT2D eigenvalue weighted by Crippen LogP contribution is 2.26. The van der Waals surface area contributed by atoms with Gasteiger partial charge in [-0.15, -0.1) is 0 Å². The number of Topliss-reactive ketones (excluding diaryl/α,β-unsaturated/α-hetero) is 1. The number of piperazine rings is 1. The van der Waals surface area contributed by atoms with Gasteiger partial charge in [0.1, 0.15) is 0 Å². The Balaban J connectivity index is 1.80. The number of carbonyl (C=O) groups is 2. The van der Waals surface area contributed by atoms with Crippen LogP contribution < -0.4 is 16.0 Å². The third-order valence-corrected chi connectivity index (χ3v) is 4.62. The number of benzene rings is 1. The van der Waals surface area contributed by atoms with E-state index >= 15 is 0 Å². The predicted octanol–water partition coefficient (Wildman–Crippen LogP) is 1.34. The largest absolute Gasteiger partial charge is 0.326 e. The van der Waals surface area contributed by atoms with Crippen LogP contribution in [0.1, 0.15) is 35.7 Å². The molecule has 0 saturated carbocycles. The topological polar surface area (TPSA) is 70.2 Å². The van der Waals surface area contributed by atoms with Crippen LogP contribution in [0.2, 0.25) is 0 Å². The summed E-state index contributed by atoms with van der Waals surface area (Å²) in [4.78, 5) is 24.3. The second-order valence-corrected chi connectivity index (χ2v) is 6.06. The highest BCUT2D eigenvalue weighted by atomic mass is 16.1. The minimum Gasteiger partial charge on any atom is -0.326 e. The van der Waals surface area contributed by atoms with Gasteiger partial charge in [-0.2, -0.15) is 0 Å². The van der Waals surface area contributed by atoms with E-state index in [2.05, 4.69) is 22.9 Å². The summed E-state index contributed by atoms with van der Waals surface area (Å²) >= 11 is 0. The maximum Gasteiger partial charge on any atom is 0.224 e. The second-order valence-electron chi connectivity index (χ2n) is 6.06. The van der Waals surface area contributed by atoms with Crippen LogP contribution in [0.5, 0.6) is 0 Å². The summed E-state index contributed by atoms with van der Waals surface area (Å²) in [6, 6.07) is 5.85. The molecule has 5 heteroatoms. The van der Waals surface area contributed by atoms with Crippen LogP contribution >= 0.6 is 0 Å². The second kappa shape index (κ2) is 6.58. The first kappa shape index (κ1) is 15.2. The highest BCUT2D eigenvalue weighted by Gasteiger charge is 2.29. The number of hydrogen-bond acceptors (Lipinski definition) is 4. The van der Waals surface area contributed by atoms with Crippen LogP contribution in [-0.2, 0) is 11.2 Å². The van der Waals surface area contributed by atoms with Gasteiger partial charge >= 0.3 is 0 Å². The van der Waals surface area contributed by atoms with E-state index in [4.69, 9.17) is 0 Å². The summed E-state index contributed by atoms with van der Waals surface area (Å²) in [6.45, 7) is 4.77. The van der Waals surface area contributed by atoms with Gasteiger partial charge in [-0.1, -0.05) is 6.92 Å². The van der Waals surface area contributed by atoms with E-state index in [1.54, 1.807) is 0 Å². The molecule has 0 aromatic heterocycles. The molecule has 2 unspecified atom stereocenters. The Morgan fingerprint density at radius 3 is 2.91 bits per heavy atom. The summed E-state index contributed by atoms with van der Waals surface area (Å²) < 4.78 is 0. The Kier molecular flexibility index (Phi) is 4.55. The molecule has 1 amide bonds. The van der Waals surface area contributed by atoms with Crippen molar-refractivity contribution in [3.8, 4) is 0 Å². The first-order valence-corrected chi connectivity index (χ1v) is 8.10. The van der Waals surface area contributed by atoms with Crippen molar-refractivity contribution in [3.05, 3.63) is 29.3 Å². The third-order valence-electron chi connectivity index (χ3n) is 4.62. The number of nitrogens with one attached hydrogen (secondary N) is 3. The molecule has 2 aliphatic rings. The van der Waals surface area contributed by atoms with E-state index < -0.39 is 0 Å². The monoisotopic (exact) mass is 301 g/mol. The lowest BCUT2D eigenvalue weighted by atomic mass is 9.86. The average Bonchev–Trinajstić information content (AvgIpc) is 2.56. The van der Waals surface area contributed by atoms with Gasteiger partial charge in [0.05, 0.1) is 0 Å². The maximum atomic E-state index is 12.9. The zero-order chi connectivity index (χ0) is 15.5. The number of ketones is 1. The van der Waals surface area contributed by atoms with Gasteiger partial charge in [0, 0.05) is 49.3 Å². The van der Waals surface area contributed by atoms with Crippen LogP contribution in [0.25, 0.3) is 0 Å². The van der Waals surface area contributed by atoms with Gasteiger partial charge in [-0.25, -0.2) is 0 Å². The number of fused-ring (bicyclic) bond motifs is 1. The number of anilines is 1. The average molecular weight is 301 g/mol. The molecule has 2 aliphatic heterocycles. The molecule has 0 aliphatic carbocycles. The molecule has 0 bridgehead atoms. The van der Waals surface area contributed by atoms with Crippen molar-refractivity contribution in [2.24, 2.45) is 5.92 Å². The fourth-order valence-corrected chi connectivity index (χ4v) is 3.36. The minimum absolute atomic E-state index is 0.0102. The van der Waals surface area contributed by atoms with Crippen LogP contribution in [0.15, 0.2) is 18.2 Å². The normalized spacial score (nSPS) is 22.6. The Morgan fingerprint density at radius 1 is 1.32 bits per heavy atom. The zero-order valence-electron chi connectivity index (χ0n) is 12.9. The SMILES string of the molecule is CCC(C(=O)c1ccc2c(c1)CCC(=O)N2)C1CNCCN1. The number of amides is 1. The molecule has 1 aromatic rings. The van der Waals surface area contributed by atoms with E-state index in [-0.39, 0.29) is 23.7 Å². The molecular formula is C17H23N3O2. The van der Waals surface area contributed by atoms with Crippen molar-refractivity contribution in [2.45, 2.75) is 32.2 Å². The van der Waals surface area contributed by atoms with Gasteiger partial charge in [-0.3, -0.25) is 9.59 Å². The lowest BCUT2D eigenvalue weighted by Gasteiger charge is -2.30. The standard InChI is InChI=1S/C17H23N3O2/c1-2-13(15-10-18-7-8-19-15)17(22)12-3-5-14-11(9-12)4-6-16(21)20-14/h3,5,9,13,15,18-19H,2,4,6-8,10H2,1H3,(H,20,21). The lowest BCUT2D eigenvalue weighted by Crippen LogP contribution is -2.53. The smallest absolute Gasteiger partial charge is 0.224 e. The maximum absolute atomic E-state index is 12.9. The molecule has 2 heterocycles. The van der Waals surface area contributed by atoms with Gasteiger partial charge < -0.3 is 16.0 Å². The molecule has 118 valence electrons.